The summed E-state index contributed by atoms with van der Waals surface area (Å²) in [5.74, 6) is 0.680. The van der Waals surface area contributed by atoms with E-state index in [-0.39, 0.29) is 0 Å². The molecule has 1 saturated carbocycles. The summed E-state index contributed by atoms with van der Waals surface area (Å²) < 4.78 is 36.9. The zero-order chi connectivity index (χ0) is 18.3. The number of hydrogen-bond acceptors (Lipinski definition) is 3. The number of hydrogen-bond donors (Lipinski definition) is 2. The van der Waals surface area contributed by atoms with E-state index in [0.717, 1.165) is 32.0 Å². The molecule has 0 atom stereocenters. The largest absolute Gasteiger partial charge is 0.401 e. The Hall–Kier alpha value is -1.02. The molecule has 8 heteroatoms. The molecule has 2 rings (SSSR count). The van der Waals surface area contributed by atoms with Crippen LogP contribution in [-0.4, -0.2) is 80.8 Å². The van der Waals surface area contributed by atoms with Crippen molar-refractivity contribution in [2.75, 3.05) is 46.8 Å². The second-order valence-electron chi connectivity index (χ2n) is 7.24. The molecule has 0 unspecified atom stereocenters. The van der Waals surface area contributed by atoms with Gasteiger partial charge in [0.05, 0.1) is 6.54 Å². The minimum Gasteiger partial charge on any atom is -0.355 e. The van der Waals surface area contributed by atoms with Gasteiger partial charge in [0.1, 0.15) is 0 Å². The maximum Gasteiger partial charge on any atom is 0.401 e. The lowest BCUT2D eigenvalue weighted by molar-refractivity contribution is -0.142. The van der Waals surface area contributed by atoms with Gasteiger partial charge in [-0.15, -0.1) is 0 Å². The van der Waals surface area contributed by atoms with Gasteiger partial charge in [0.15, 0.2) is 5.96 Å². The maximum absolute atomic E-state index is 12.3. The van der Waals surface area contributed by atoms with Crippen molar-refractivity contribution in [1.82, 2.24) is 20.4 Å². The first kappa shape index (κ1) is 20.3. The summed E-state index contributed by atoms with van der Waals surface area (Å²) in [4.78, 5) is 8.07. The average molecular weight is 363 g/mol. The van der Waals surface area contributed by atoms with E-state index in [2.05, 4.69) is 20.5 Å². The van der Waals surface area contributed by atoms with Gasteiger partial charge in [0, 0.05) is 45.3 Å². The van der Waals surface area contributed by atoms with Gasteiger partial charge in [0.2, 0.25) is 0 Å². The van der Waals surface area contributed by atoms with Crippen LogP contribution in [0.2, 0.25) is 0 Å². The minimum absolute atomic E-state index is 0.320. The van der Waals surface area contributed by atoms with Crippen LogP contribution >= 0.6 is 0 Å². The van der Waals surface area contributed by atoms with Crippen molar-refractivity contribution in [2.24, 2.45) is 4.99 Å². The van der Waals surface area contributed by atoms with Crippen LogP contribution in [0.15, 0.2) is 4.99 Å². The number of rotatable bonds is 6. The summed E-state index contributed by atoms with van der Waals surface area (Å²) in [5.41, 5.74) is 0. The first-order chi connectivity index (χ1) is 11.9. The van der Waals surface area contributed by atoms with Crippen LogP contribution in [0.5, 0.6) is 0 Å². The van der Waals surface area contributed by atoms with Crippen LogP contribution in [-0.2, 0) is 0 Å². The van der Waals surface area contributed by atoms with Crippen molar-refractivity contribution in [2.45, 2.75) is 56.8 Å². The Bertz CT molecular complexity index is 413. The number of guanidine groups is 1. The Kier molecular flexibility index (Phi) is 7.81. The Labute approximate surface area is 149 Å². The zero-order valence-corrected chi connectivity index (χ0v) is 15.4. The molecule has 2 fully saturated rings. The fraction of sp³-hybridized carbons (Fsp3) is 0.941. The molecule has 1 aliphatic carbocycles. The van der Waals surface area contributed by atoms with Gasteiger partial charge in [-0.3, -0.25) is 9.89 Å². The normalized spacial score (nSPS) is 21.9. The van der Waals surface area contributed by atoms with E-state index < -0.39 is 12.7 Å². The standard InChI is InChI=1S/C17H32F3N5/c1-21-16(22-9-12-24(2)13-17(18,19)20)23-14-7-10-25(11-8-14)15-5-3-4-6-15/h14-15H,3-13H2,1-2H3,(H2,21,22,23). The van der Waals surface area contributed by atoms with Crippen molar-refractivity contribution in [3.05, 3.63) is 0 Å². The number of nitrogens with one attached hydrogen (secondary N) is 2. The Morgan fingerprint density at radius 2 is 1.80 bits per heavy atom. The smallest absolute Gasteiger partial charge is 0.355 e. The summed E-state index contributed by atoms with van der Waals surface area (Å²) in [6.45, 7) is 2.11. The van der Waals surface area contributed by atoms with Gasteiger partial charge in [-0.1, -0.05) is 12.8 Å². The van der Waals surface area contributed by atoms with Crippen LogP contribution in [0, 0.1) is 0 Å². The fourth-order valence-corrected chi connectivity index (χ4v) is 3.82. The van der Waals surface area contributed by atoms with Crippen molar-refractivity contribution in [1.29, 1.82) is 0 Å². The highest BCUT2D eigenvalue weighted by molar-refractivity contribution is 5.79. The molecular formula is C17H32F3N5. The highest BCUT2D eigenvalue weighted by Gasteiger charge is 2.29. The van der Waals surface area contributed by atoms with E-state index >= 15 is 0 Å². The molecule has 0 radical (unpaired) electrons. The number of piperidine rings is 1. The van der Waals surface area contributed by atoms with E-state index in [1.54, 1.807) is 7.05 Å². The summed E-state index contributed by atoms with van der Waals surface area (Å²) in [6, 6.07) is 1.17. The Morgan fingerprint density at radius 3 is 2.36 bits per heavy atom. The van der Waals surface area contributed by atoms with E-state index in [0.29, 0.717) is 25.1 Å². The highest BCUT2D eigenvalue weighted by atomic mass is 19.4. The van der Waals surface area contributed by atoms with Crippen molar-refractivity contribution >= 4 is 5.96 Å². The second-order valence-corrected chi connectivity index (χ2v) is 7.24. The highest BCUT2D eigenvalue weighted by Crippen LogP contribution is 2.26. The number of likely N-dealkylation sites (tertiary alicyclic amines) is 1. The number of likely N-dealkylation sites (N-methyl/N-ethyl adjacent to an activating group) is 1. The molecule has 1 saturated heterocycles. The van der Waals surface area contributed by atoms with Crippen LogP contribution in [0.4, 0.5) is 13.2 Å². The maximum atomic E-state index is 12.3. The molecular weight excluding hydrogens is 331 g/mol. The molecule has 0 aromatic heterocycles. The molecule has 0 bridgehead atoms. The molecule has 2 N–H and O–H groups in total. The SMILES string of the molecule is CN=C(NCCN(C)CC(F)(F)F)NC1CCN(C2CCCC2)CC1. The molecule has 25 heavy (non-hydrogen) atoms. The third-order valence-corrected chi connectivity index (χ3v) is 5.17. The number of alkyl halides is 3. The number of halogens is 3. The van der Waals surface area contributed by atoms with E-state index in [4.69, 9.17) is 0 Å². The summed E-state index contributed by atoms with van der Waals surface area (Å²) in [6.07, 6.45) is 3.43. The van der Waals surface area contributed by atoms with Crippen molar-refractivity contribution < 1.29 is 13.2 Å². The lowest BCUT2D eigenvalue weighted by atomic mass is 10.0. The van der Waals surface area contributed by atoms with Gasteiger partial charge < -0.3 is 15.5 Å². The third kappa shape index (κ3) is 7.40. The molecule has 1 aliphatic heterocycles. The molecule has 0 spiro atoms. The lowest BCUT2D eigenvalue weighted by Crippen LogP contribution is -2.51. The first-order valence-electron chi connectivity index (χ1n) is 9.34. The first-order valence-corrected chi connectivity index (χ1v) is 9.34. The third-order valence-electron chi connectivity index (χ3n) is 5.17. The molecule has 146 valence electrons. The molecule has 0 amide bonds. The predicted molar refractivity (Wildman–Crippen MR) is 94.9 cm³/mol. The number of nitrogens with zero attached hydrogens (tertiary/aromatic N) is 3. The van der Waals surface area contributed by atoms with Crippen molar-refractivity contribution in [3.8, 4) is 0 Å². The second kappa shape index (κ2) is 9.62. The minimum atomic E-state index is -4.15. The lowest BCUT2D eigenvalue weighted by Gasteiger charge is -2.36. The summed E-state index contributed by atoms with van der Waals surface area (Å²) >= 11 is 0. The fourth-order valence-electron chi connectivity index (χ4n) is 3.82. The van der Waals surface area contributed by atoms with Gasteiger partial charge >= 0.3 is 6.18 Å². The topological polar surface area (TPSA) is 42.9 Å². The Morgan fingerprint density at radius 1 is 1.16 bits per heavy atom. The molecule has 1 heterocycles. The van der Waals surface area contributed by atoms with E-state index in [1.165, 1.54) is 37.6 Å². The molecule has 2 aliphatic rings. The van der Waals surface area contributed by atoms with Gasteiger partial charge in [0.25, 0.3) is 0 Å². The van der Waals surface area contributed by atoms with E-state index in [9.17, 15) is 13.2 Å². The zero-order valence-electron chi connectivity index (χ0n) is 15.4. The van der Waals surface area contributed by atoms with Crippen LogP contribution in [0.1, 0.15) is 38.5 Å². The molecule has 5 nitrogen and oxygen atoms in total. The van der Waals surface area contributed by atoms with E-state index in [1.807, 2.05) is 0 Å². The quantitative estimate of drug-likeness (QED) is 0.560. The van der Waals surface area contributed by atoms with Crippen molar-refractivity contribution in [3.63, 3.8) is 0 Å². The van der Waals surface area contributed by atoms with Crippen LogP contribution in [0.25, 0.3) is 0 Å². The molecule has 0 aromatic carbocycles. The monoisotopic (exact) mass is 363 g/mol. The van der Waals surface area contributed by atoms with Gasteiger partial charge in [-0.25, -0.2) is 0 Å². The number of aliphatic imine (C=N–C) groups is 1. The Balaban J connectivity index is 1.63. The average Bonchev–Trinajstić information content (AvgIpc) is 3.07. The summed E-state index contributed by atoms with van der Waals surface area (Å²) in [5, 5.41) is 6.53. The molecule has 0 aromatic rings. The van der Waals surface area contributed by atoms with Gasteiger partial charge in [-0.05, 0) is 32.7 Å². The van der Waals surface area contributed by atoms with Crippen LogP contribution < -0.4 is 10.6 Å². The summed E-state index contributed by atoms with van der Waals surface area (Å²) in [7, 11) is 3.17. The van der Waals surface area contributed by atoms with Crippen LogP contribution in [0.3, 0.4) is 0 Å². The predicted octanol–water partition coefficient (Wildman–Crippen LogP) is 2.05. The van der Waals surface area contributed by atoms with Gasteiger partial charge in [-0.2, -0.15) is 13.2 Å².